The fourth-order valence-electron chi connectivity index (χ4n) is 2.25. The van der Waals surface area contributed by atoms with Gasteiger partial charge in [0.15, 0.2) is 0 Å². The minimum atomic E-state index is 0.302. The predicted octanol–water partition coefficient (Wildman–Crippen LogP) is 5.38. The van der Waals surface area contributed by atoms with E-state index in [9.17, 15) is 0 Å². The van der Waals surface area contributed by atoms with Crippen LogP contribution in [0.1, 0.15) is 11.4 Å². The average molecular weight is 326 g/mol. The van der Waals surface area contributed by atoms with Crippen LogP contribution in [0.25, 0.3) is 16.7 Å². The van der Waals surface area contributed by atoms with Gasteiger partial charge in [0.25, 0.3) is 0 Å². The van der Waals surface area contributed by atoms with Crippen LogP contribution in [0.2, 0.25) is 10.0 Å². The summed E-state index contributed by atoms with van der Waals surface area (Å²) in [5, 5.41) is 1.24. The first-order chi connectivity index (χ1) is 9.60. The van der Waals surface area contributed by atoms with Crippen LogP contribution in [0.3, 0.4) is 0 Å². The second-order valence-electron chi connectivity index (χ2n) is 4.58. The van der Waals surface area contributed by atoms with E-state index in [0.29, 0.717) is 15.9 Å². The van der Waals surface area contributed by atoms with Gasteiger partial charge in [-0.2, -0.15) is 0 Å². The molecule has 5 heteroatoms. The lowest BCUT2D eigenvalue weighted by Crippen LogP contribution is -2.00. The largest absolute Gasteiger partial charge is 0.294 e. The summed E-state index contributed by atoms with van der Waals surface area (Å²) in [5.41, 5.74) is 3.81. The van der Waals surface area contributed by atoms with E-state index in [1.807, 2.05) is 29.7 Å². The highest BCUT2D eigenvalue weighted by molar-refractivity contribution is 6.34. The van der Waals surface area contributed by atoms with Crippen molar-refractivity contribution in [2.24, 2.45) is 0 Å². The van der Waals surface area contributed by atoms with Crippen LogP contribution in [-0.4, -0.2) is 9.55 Å². The molecule has 2 nitrogen and oxygen atoms in total. The fourth-order valence-corrected chi connectivity index (χ4v) is 2.80. The van der Waals surface area contributed by atoms with Gasteiger partial charge < -0.3 is 0 Å². The fraction of sp³-hybridized carbons (Fsp3) is 0.133. The van der Waals surface area contributed by atoms with Crippen LogP contribution in [0.5, 0.6) is 0 Å². The van der Waals surface area contributed by atoms with Crippen molar-refractivity contribution in [1.82, 2.24) is 9.55 Å². The number of imidazole rings is 1. The smallest absolute Gasteiger partial charge is 0.129 e. The predicted molar refractivity (Wildman–Crippen MR) is 85.4 cm³/mol. The summed E-state index contributed by atoms with van der Waals surface area (Å²) in [7, 11) is 0. The molecule has 1 aromatic heterocycles. The molecule has 0 bridgehead atoms. The van der Waals surface area contributed by atoms with Crippen LogP contribution < -0.4 is 0 Å². The minimum Gasteiger partial charge on any atom is -0.294 e. The summed E-state index contributed by atoms with van der Waals surface area (Å²) >= 11 is 18.4. The summed E-state index contributed by atoms with van der Waals surface area (Å²) in [4.78, 5) is 4.55. The zero-order valence-electron chi connectivity index (χ0n) is 10.7. The van der Waals surface area contributed by atoms with Gasteiger partial charge in [-0.15, -0.1) is 11.6 Å². The molecule has 0 aliphatic heterocycles. The van der Waals surface area contributed by atoms with E-state index in [1.165, 1.54) is 0 Å². The number of halogens is 3. The zero-order chi connectivity index (χ0) is 14.3. The summed E-state index contributed by atoms with van der Waals surface area (Å²) < 4.78 is 1.96. The molecule has 102 valence electrons. The first-order valence-electron chi connectivity index (χ1n) is 6.09. The molecule has 0 saturated carbocycles. The number of benzene rings is 2. The second-order valence-corrected chi connectivity index (χ2v) is 5.70. The Balaban J connectivity index is 2.39. The van der Waals surface area contributed by atoms with Gasteiger partial charge in [-0.05, 0) is 42.8 Å². The number of aromatic nitrogens is 2. The van der Waals surface area contributed by atoms with Gasteiger partial charge in [-0.25, -0.2) is 4.98 Å². The Morgan fingerprint density at radius 2 is 1.90 bits per heavy atom. The first-order valence-corrected chi connectivity index (χ1v) is 7.38. The van der Waals surface area contributed by atoms with E-state index in [2.05, 4.69) is 11.1 Å². The van der Waals surface area contributed by atoms with Crippen LogP contribution in [0, 0.1) is 6.92 Å². The summed E-state index contributed by atoms with van der Waals surface area (Å²) in [6, 6.07) is 11.4. The first kappa shape index (κ1) is 13.7. The number of nitrogens with zero attached hydrogens (tertiary/aromatic N) is 2. The molecule has 0 N–H and O–H groups in total. The highest BCUT2D eigenvalue weighted by atomic mass is 35.5. The van der Waals surface area contributed by atoms with E-state index < -0.39 is 0 Å². The Morgan fingerprint density at radius 1 is 1.10 bits per heavy atom. The third kappa shape index (κ3) is 2.28. The Kier molecular flexibility index (Phi) is 3.63. The third-order valence-electron chi connectivity index (χ3n) is 3.15. The lowest BCUT2D eigenvalue weighted by molar-refractivity contribution is 0.982. The normalized spacial score (nSPS) is 11.2. The van der Waals surface area contributed by atoms with Gasteiger partial charge in [-0.1, -0.05) is 29.3 Å². The van der Waals surface area contributed by atoms with Crippen molar-refractivity contribution in [1.29, 1.82) is 0 Å². The second kappa shape index (κ2) is 5.28. The van der Waals surface area contributed by atoms with Crippen molar-refractivity contribution < 1.29 is 0 Å². The van der Waals surface area contributed by atoms with Crippen LogP contribution in [0.4, 0.5) is 0 Å². The van der Waals surface area contributed by atoms with Gasteiger partial charge in [0.05, 0.1) is 27.6 Å². The molecule has 0 spiro atoms. The molecule has 2 aromatic carbocycles. The van der Waals surface area contributed by atoms with Crippen molar-refractivity contribution in [3.05, 3.63) is 57.8 Å². The standard InChI is InChI=1S/C15H11Cl3N2/c1-9-2-5-12-14(6-9)20(15(8-16)19-12)13-7-10(17)3-4-11(13)18/h2-7H,8H2,1H3. The van der Waals surface area contributed by atoms with E-state index in [-0.39, 0.29) is 0 Å². The average Bonchev–Trinajstić information content (AvgIpc) is 2.79. The van der Waals surface area contributed by atoms with E-state index >= 15 is 0 Å². The van der Waals surface area contributed by atoms with Crippen molar-refractivity contribution in [2.75, 3.05) is 0 Å². The monoisotopic (exact) mass is 324 g/mol. The van der Waals surface area contributed by atoms with Gasteiger partial charge in [0.1, 0.15) is 5.82 Å². The summed E-state index contributed by atoms with van der Waals surface area (Å²) in [6.07, 6.45) is 0. The molecule has 3 aromatic rings. The van der Waals surface area contributed by atoms with E-state index in [4.69, 9.17) is 34.8 Å². The molecule has 0 saturated heterocycles. The number of alkyl halides is 1. The van der Waals surface area contributed by atoms with E-state index in [0.717, 1.165) is 28.1 Å². The highest BCUT2D eigenvalue weighted by Crippen LogP contribution is 2.30. The molecule has 0 radical (unpaired) electrons. The molecule has 0 unspecified atom stereocenters. The van der Waals surface area contributed by atoms with Crippen LogP contribution in [-0.2, 0) is 5.88 Å². The molecule has 0 amide bonds. The Bertz CT molecular complexity index is 793. The quantitative estimate of drug-likeness (QED) is 0.578. The van der Waals surface area contributed by atoms with Crippen molar-refractivity contribution in [3.8, 4) is 5.69 Å². The Hall–Kier alpha value is -1.22. The maximum atomic E-state index is 6.31. The van der Waals surface area contributed by atoms with E-state index in [1.54, 1.807) is 12.1 Å². The van der Waals surface area contributed by atoms with Crippen molar-refractivity contribution in [2.45, 2.75) is 12.8 Å². The summed E-state index contributed by atoms with van der Waals surface area (Å²) in [6.45, 7) is 2.04. The van der Waals surface area contributed by atoms with Gasteiger partial charge in [0.2, 0.25) is 0 Å². The topological polar surface area (TPSA) is 17.8 Å². The molecule has 0 fully saturated rings. The van der Waals surface area contributed by atoms with Crippen molar-refractivity contribution >= 4 is 45.8 Å². The Labute approximate surface area is 131 Å². The van der Waals surface area contributed by atoms with Gasteiger partial charge >= 0.3 is 0 Å². The third-order valence-corrected chi connectivity index (χ3v) is 3.94. The number of aryl methyl sites for hydroxylation is 1. The molecule has 20 heavy (non-hydrogen) atoms. The van der Waals surface area contributed by atoms with Crippen LogP contribution >= 0.6 is 34.8 Å². The molecule has 0 atom stereocenters. The minimum absolute atomic E-state index is 0.302. The van der Waals surface area contributed by atoms with Gasteiger partial charge in [-0.3, -0.25) is 4.57 Å². The molecular formula is C15H11Cl3N2. The summed E-state index contributed by atoms with van der Waals surface area (Å²) in [5.74, 6) is 1.05. The molecule has 1 heterocycles. The Morgan fingerprint density at radius 3 is 2.65 bits per heavy atom. The number of rotatable bonds is 2. The maximum absolute atomic E-state index is 6.31. The molecule has 3 rings (SSSR count). The highest BCUT2D eigenvalue weighted by Gasteiger charge is 2.14. The number of fused-ring (bicyclic) bond motifs is 1. The lowest BCUT2D eigenvalue weighted by Gasteiger charge is -2.10. The SMILES string of the molecule is Cc1ccc2nc(CCl)n(-c3cc(Cl)ccc3Cl)c2c1. The van der Waals surface area contributed by atoms with Gasteiger partial charge in [0, 0.05) is 5.02 Å². The molecule has 0 aliphatic carbocycles. The zero-order valence-corrected chi connectivity index (χ0v) is 13.0. The maximum Gasteiger partial charge on any atom is 0.129 e. The number of hydrogen-bond donors (Lipinski definition) is 0. The molecular weight excluding hydrogens is 315 g/mol. The molecule has 0 aliphatic rings. The lowest BCUT2D eigenvalue weighted by atomic mass is 10.2. The number of hydrogen-bond acceptors (Lipinski definition) is 1. The van der Waals surface area contributed by atoms with Crippen molar-refractivity contribution in [3.63, 3.8) is 0 Å². The van der Waals surface area contributed by atoms with Crippen LogP contribution in [0.15, 0.2) is 36.4 Å².